The van der Waals surface area contributed by atoms with E-state index >= 15 is 0 Å². The molecular formula is C20H23NO5. The van der Waals surface area contributed by atoms with Crippen LogP contribution in [0.5, 0.6) is 5.75 Å². The zero-order chi connectivity index (χ0) is 18.7. The minimum absolute atomic E-state index is 0.218. The predicted molar refractivity (Wildman–Crippen MR) is 95.2 cm³/mol. The van der Waals surface area contributed by atoms with Crippen LogP contribution in [0.2, 0.25) is 0 Å². The van der Waals surface area contributed by atoms with Crippen LogP contribution in [0.15, 0.2) is 34.7 Å². The largest absolute Gasteiger partial charge is 0.485 e. The van der Waals surface area contributed by atoms with E-state index in [1.807, 2.05) is 32.0 Å². The van der Waals surface area contributed by atoms with Crippen LogP contribution < -0.4 is 4.74 Å². The number of benzene rings is 1. The summed E-state index contributed by atoms with van der Waals surface area (Å²) in [6.45, 7) is 5.02. The third-order valence-corrected chi connectivity index (χ3v) is 4.63. The zero-order valence-electron chi connectivity index (χ0n) is 15.0. The van der Waals surface area contributed by atoms with Crippen molar-refractivity contribution in [2.75, 3.05) is 13.1 Å². The van der Waals surface area contributed by atoms with Gasteiger partial charge in [-0.3, -0.25) is 9.59 Å². The van der Waals surface area contributed by atoms with Crippen molar-refractivity contribution in [3.05, 3.63) is 53.0 Å². The minimum atomic E-state index is -0.857. The highest BCUT2D eigenvalue weighted by atomic mass is 16.5. The molecule has 1 aromatic heterocycles. The van der Waals surface area contributed by atoms with Crippen molar-refractivity contribution >= 4 is 11.9 Å². The van der Waals surface area contributed by atoms with Crippen molar-refractivity contribution in [3.63, 3.8) is 0 Å². The Morgan fingerprint density at radius 1 is 1.27 bits per heavy atom. The summed E-state index contributed by atoms with van der Waals surface area (Å²) in [5, 5.41) is 9.15. The number of carboxylic acid groups (broad SMARTS) is 1. The van der Waals surface area contributed by atoms with Gasteiger partial charge in [-0.2, -0.15) is 0 Å². The highest BCUT2D eigenvalue weighted by molar-refractivity contribution is 5.92. The maximum Gasteiger partial charge on any atom is 0.308 e. The molecule has 2 heterocycles. The highest BCUT2D eigenvalue weighted by Gasteiger charge is 2.29. The molecule has 2 aromatic rings. The minimum Gasteiger partial charge on any atom is -0.485 e. The van der Waals surface area contributed by atoms with Crippen LogP contribution in [-0.4, -0.2) is 35.0 Å². The molecule has 1 saturated heterocycles. The average Bonchev–Trinajstić information content (AvgIpc) is 3.09. The van der Waals surface area contributed by atoms with E-state index in [-0.39, 0.29) is 24.8 Å². The van der Waals surface area contributed by atoms with Gasteiger partial charge in [0.1, 0.15) is 18.1 Å². The van der Waals surface area contributed by atoms with Gasteiger partial charge in [-0.05, 0) is 50.5 Å². The molecule has 0 unspecified atom stereocenters. The summed E-state index contributed by atoms with van der Waals surface area (Å²) >= 11 is 0. The summed E-state index contributed by atoms with van der Waals surface area (Å²) in [5.41, 5.74) is 2.21. The van der Waals surface area contributed by atoms with Crippen molar-refractivity contribution in [1.82, 2.24) is 4.90 Å². The van der Waals surface area contributed by atoms with Crippen molar-refractivity contribution in [3.8, 4) is 5.75 Å². The fourth-order valence-corrected chi connectivity index (χ4v) is 3.20. The molecule has 1 N–H and O–H groups in total. The number of furan rings is 1. The molecule has 6 nitrogen and oxygen atoms in total. The Bertz CT molecular complexity index is 810. The van der Waals surface area contributed by atoms with E-state index in [1.165, 1.54) is 5.56 Å². The number of carbonyl (C=O) groups excluding carboxylic acids is 1. The summed E-state index contributed by atoms with van der Waals surface area (Å²) in [5.74, 6) is -0.0798. The van der Waals surface area contributed by atoms with Gasteiger partial charge < -0.3 is 19.2 Å². The Kier molecular flexibility index (Phi) is 5.30. The van der Waals surface area contributed by atoms with Crippen LogP contribution in [0.4, 0.5) is 0 Å². The van der Waals surface area contributed by atoms with Crippen LogP contribution in [0.3, 0.4) is 0 Å². The van der Waals surface area contributed by atoms with Gasteiger partial charge in [0.2, 0.25) is 0 Å². The summed E-state index contributed by atoms with van der Waals surface area (Å²) in [6, 6.07) is 9.28. The van der Waals surface area contributed by atoms with Gasteiger partial charge in [0.15, 0.2) is 5.76 Å². The normalized spacial score (nSPS) is 17.2. The number of carbonyl (C=O) groups is 2. The molecular weight excluding hydrogens is 334 g/mol. The molecule has 3 rings (SSSR count). The number of piperidine rings is 1. The van der Waals surface area contributed by atoms with Gasteiger partial charge in [-0.15, -0.1) is 0 Å². The fourth-order valence-electron chi connectivity index (χ4n) is 3.20. The van der Waals surface area contributed by atoms with Crippen LogP contribution in [0.25, 0.3) is 0 Å². The lowest BCUT2D eigenvalue weighted by Gasteiger charge is -2.29. The number of rotatable bonds is 5. The molecule has 1 fully saturated rings. The first-order chi connectivity index (χ1) is 12.4. The fraction of sp³-hybridized carbons (Fsp3) is 0.400. The molecule has 0 bridgehead atoms. The van der Waals surface area contributed by atoms with Crippen molar-refractivity contribution in [2.24, 2.45) is 5.92 Å². The Hall–Kier alpha value is -2.76. The molecule has 1 aliphatic heterocycles. The zero-order valence-corrected chi connectivity index (χ0v) is 15.0. The lowest BCUT2D eigenvalue weighted by atomic mass is 9.98. The molecule has 26 heavy (non-hydrogen) atoms. The van der Waals surface area contributed by atoms with Crippen LogP contribution in [0.1, 0.15) is 40.3 Å². The molecule has 1 atom stereocenters. The Morgan fingerprint density at radius 3 is 2.81 bits per heavy atom. The molecule has 0 aliphatic carbocycles. The summed E-state index contributed by atoms with van der Waals surface area (Å²) in [4.78, 5) is 25.3. The second kappa shape index (κ2) is 7.64. The van der Waals surface area contributed by atoms with Gasteiger partial charge in [0.25, 0.3) is 5.91 Å². The second-order valence-corrected chi connectivity index (χ2v) is 6.75. The number of aryl methyl sites for hydroxylation is 2. The Morgan fingerprint density at radius 2 is 2.08 bits per heavy atom. The predicted octanol–water partition coefficient (Wildman–Crippen LogP) is 3.41. The first-order valence-corrected chi connectivity index (χ1v) is 8.75. The van der Waals surface area contributed by atoms with E-state index in [9.17, 15) is 9.59 Å². The van der Waals surface area contributed by atoms with Crippen LogP contribution >= 0.6 is 0 Å². The first kappa shape index (κ1) is 18.0. The standard InChI is InChI=1S/C20H23NO5/c1-13-5-7-17(14(2)10-13)25-12-16-6-8-18(26-16)19(22)21-9-3-4-15(11-21)20(23)24/h5-8,10,15H,3-4,9,11-12H2,1-2H3,(H,23,24)/t15-/m0/s1. The van der Waals surface area contributed by atoms with Gasteiger partial charge in [0, 0.05) is 13.1 Å². The SMILES string of the molecule is Cc1ccc(OCc2ccc(C(=O)N3CCC[C@H](C(=O)O)C3)o2)c(C)c1. The Labute approximate surface area is 152 Å². The van der Waals surface area contributed by atoms with E-state index in [0.717, 1.165) is 11.3 Å². The number of hydrogen-bond donors (Lipinski definition) is 1. The quantitative estimate of drug-likeness (QED) is 0.887. The van der Waals surface area contributed by atoms with Gasteiger partial charge >= 0.3 is 5.97 Å². The third kappa shape index (κ3) is 4.07. The van der Waals surface area contributed by atoms with Crippen LogP contribution in [0, 0.1) is 19.8 Å². The van der Waals surface area contributed by atoms with E-state index in [1.54, 1.807) is 17.0 Å². The monoisotopic (exact) mass is 357 g/mol. The highest BCUT2D eigenvalue weighted by Crippen LogP contribution is 2.22. The lowest BCUT2D eigenvalue weighted by Crippen LogP contribution is -2.42. The number of likely N-dealkylation sites (tertiary alicyclic amines) is 1. The first-order valence-electron chi connectivity index (χ1n) is 8.75. The topological polar surface area (TPSA) is 80.0 Å². The molecule has 138 valence electrons. The second-order valence-electron chi connectivity index (χ2n) is 6.75. The van der Waals surface area contributed by atoms with E-state index in [0.29, 0.717) is 25.1 Å². The smallest absolute Gasteiger partial charge is 0.308 e. The van der Waals surface area contributed by atoms with E-state index < -0.39 is 11.9 Å². The lowest BCUT2D eigenvalue weighted by molar-refractivity contribution is -0.143. The number of aliphatic carboxylic acids is 1. The van der Waals surface area contributed by atoms with Gasteiger partial charge in [-0.1, -0.05) is 17.7 Å². The number of hydrogen-bond acceptors (Lipinski definition) is 4. The number of amides is 1. The van der Waals surface area contributed by atoms with Crippen LogP contribution in [-0.2, 0) is 11.4 Å². The van der Waals surface area contributed by atoms with E-state index in [4.69, 9.17) is 14.3 Å². The average molecular weight is 357 g/mol. The van der Waals surface area contributed by atoms with Gasteiger partial charge in [0.05, 0.1) is 5.92 Å². The van der Waals surface area contributed by atoms with Crippen molar-refractivity contribution < 1.29 is 23.8 Å². The molecule has 0 spiro atoms. The number of ether oxygens (including phenoxy) is 1. The third-order valence-electron chi connectivity index (χ3n) is 4.63. The summed E-state index contributed by atoms with van der Waals surface area (Å²) in [7, 11) is 0. The maximum atomic E-state index is 12.5. The van der Waals surface area contributed by atoms with E-state index in [2.05, 4.69) is 0 Å². The maximum absolute atomic E-state index is 12.5. The van der Waals surface area contributed by atoms with Crippen molar-refractivity contribution in [1.29, 1.82) is 0 Å². The molecule has 1 aromatic carbocycles. The molecule has 1 aliphatic rings. The molecule has 6 heteroatoms. The summed E-state index contributed by atoms with van der Waals surface area (Å²) < 4.78 is 11.4. The number of carboxylic acids is 1. The molecule has 0 radical (unpaired) electrons. The molecule has 1 amide bonds. The summed E-state index contributed by atoms with van der Waals surface area (Å²) in [6.07, 6.45) is 1.29. The van der Waals surface area contributed by atoms with Crippen molar-refractivity contribution in [2.45, 2.75) is 33.3 Å². The molecule has 0 saturated carbocycles. The Balaban J connectivity index is 1.62. The van der Waals surface area contributed by atoms with Gasteiger partial charge in [-0.25, -0.2) is 0 Å². The number of nitrogens with zero attached hydrogens (tertiary/aromatic N) is 1.